The average Bonchev–Trinajstić information content (AvgIpc) is 2.74. The molecule has 0 bridgehead atoms. The Morgan fingerprint density at radius 1 is 1.22 bits per heavy atom. The van der Waals surface area contributed by atoms with E-state index in [0.29, 0.717) is 0 Å². The summed E-state index contributed by atoms with van der Waals surface area (Å²) < 4.78 is 0. The van der Waals surface area contributed by atoms with Crippen LogP contribution in [0.4, 0.5) is 5.69 Å². The predicted molar refractivity (Wildman–Crippen MR) is 73.5 cm³/mol. The lowest BCUT2D eigenvalue weighted by Crippen LogP contribution is -2.24. The highest BCUT2D eigenvalue weighted by atomic mass is 16.2. The number of hydrogen-bond acceptors (Lipinski definition) is 2. The summed E-state index contributed by atoms with van der Waals surface area (Å²) in [6.07, 6.45) is 2.97. The van der Waals surface area contributed by atoms with Gasteiger partial charge in [0, 0.05) is 16.8 Å². The first kappa shape index (κ1) is 11.5. The number of amides is 1. The smallest absolute Gasteiger partial charge is 0.256 e. The second kappa shape index (κ2) is 4.58. The highest BCUT2D eigenvalue weighted by Gasteiger charge is 2.27. The van der Waals surface area contributed by atoms with E-state index in [9.17, 15) is 4.79 Å². The Morgan fingerprint density at radius 3 is 2.72 bits per heavy atom. The van der Waals surface area contributed by atoms with Gasteiger partial charge in [-0.15, -0.1) is 0 Å². The molecule has 0 unspecified atom stereocenters. The molecule has 0 atom stereocenters. The van der Waals surface area contributed by atoms with Gasteiger partial charge < -0.3 is 10.6 Å². The molecule has 2 aliphatic rings. The number of fused-ring (bicyclic) bond motifs is 1. The molecule has 3 nitrogen and oxygen atoms in total. The van der Waals surface area contributed by atoms with Crippen LogP contribution in [0.25, 0.3) is 5.57 Å². The summed E-state index contributed by atoms with van der Waals surface area (Å²) in [5.74, 6) is 0.0788. The molecule has 1 aromatic carbocycles. The maximum Gasteiger partial charge on any atom is 0.256 e. The Balaban J connectivity index is 2.09. The molecule has 3 heteroatoms. The quantitative estimate of drug-likeness (QED) is 0.742. The van der Waals surface area contributed by atoms with Crippen molar-refractivity contribution >= 4 is 17.2 Å². The van der Waals surface area contributed by atoms with Crippen molar-refractivity contribution in [2.45, 2.75) is 26.2 Å². The third kappa shape index (κ3) is 1.85. The zero-order valence-corrected chi connectivity index (χ0v) is 10.7. The van der Waals surface area contributed by atoms with Gasteiger partial charge >= 0.3 is 0 Å². The van der Waals surface area contributed by atoms with E-state index in [1.54, 1.807) is 0 Å². The van der Waals surface area contributed by atoms with Crippen molar-refractivity contribution in [2.75, 3.05) is 18.4 Å². The van der Waals surface area contributed by atoms with Gasteiger partial charge in [-0.05, 0) is 50.0 Å². The van der Waals surface area contributed by atoms with Gasteiger partial charge in [0.2, 0.25) is 0 Å². The van der Waals surface area contributed by atoms with Crippen molar-refractivity contribution in [2.24, 2.45) is 0 Å². The summed E-state index contributed by atoms with van der Waals surface area (Å²) in [5, 5.41) is 6.31. The Kier molecular flexibility index (Phi) is 2.92. The molecule has 1 saturated heterocycles. The Hall–Kier alpha value is -1.61. The van der Waals surface area contributed by atoms with Crippen molar-refractivity contribution in [1.82, 2.24) is 5.32 Å². The lowest BCUT2D eigenvalue weighted by atomic mass is 9.93. The van der Waals surface area contributed by atoms with Crippen LogP contribution in [-0.4, -0.2) is 19.0 Å². The maximum atomic E-state index is 12.1. The molecule has 2 heterocycles. The van der Waals surface area contributed by atoms with E-state index in [1.165, 1.54) is 11.1 Å². The minimum Gasteiger partial charge on any atom is -0.321 e. The van der Waals surface area contributed by atoms with Gasteiger partial charge in [0.15, 0.2) is 0 Å². The summed E-state index contributed by atoms with van der Waals surface area (Å²) in [5.41, 5.74) is 5.60. The molecule has 0 saturated carbocycles. The molecule has 0 spiro atoms. The van der Waals surface area contributed by atoms with Gasteiger partial charge in [-0.1, -0.05) is 18.6 Å². The molecule has 94 valence electrons. The van der Waals surface area contributed by atoms with Crippen LogP contribution in [0.15, 0.2) is 23.8 Å². The zero-order valence-electron chi connectivity index (χ0n) is 10.7. The van der Waals surface area contributed by atoms with Gasteiger partial charge in [-0.3, -0.25) is 4.79 Å². The molecule has 1 amide bonds. The molecule has 1 fully saturated rings. The fourth-order valence-electron chi connectivity index (χ4n) is 2.76. The third-order valence-corrected chi connectivity index (χ3v) is 3.80. The first-order valence-corrected chi connectivity index (χ1v) is 6.67. The van der Waals surface area contributed by atoms with Gasteiger partial charge in [-0.2, -0.15) is 0 Å². The largest absolute Gasteiger partial charge is 0.321 e. The molecule has 0 aromatic heterocycles. The van der Waals surface area contributed by atoms with Crippen LogP contribution < -0.4 is 10.6 Å². The van der Waals surface area contributed by atoms with Gasteiger partial charge in [0.05, 0.1) is 0 Å². The molecule has 0 radical (unpaired) electrons. The van der Waals surface area contributed by atoms with E-state index in [4.69, 9.17) is 0 Å². The van der Waals surface area contributed by atoms with Gasteiger partial charge in [0.25, 0.3) is 5.91 Å². The Morgan fingerprint density at radius 2 is 2.00 bits per heavy atom. The molecule has 2 aliphatic heterocycles. The molecule has 18 heavy (non-hydrogen) atoms. The summed E-state index contributed by atoms with van der Waals surface area (Å²) >= 11 is 0. The van der Waals surface area contributed by atoms with Crippen molar-refractivity contribution < 1.29 is 4.79 Å². The van der Waals surface area contributed by atoms with E-state index >= 15 is 0 Å². The first-order valence-electron chi connectivity index (χ1n) is 6.67. The van der Waals surface area contributed by atoms with Crippen molar-refractivity contribution in [3.8, 4) is 0 Å². The first-order chi connectivity index (χ1) is 8.79. The van der Waals surface area contributed by atoms with Crippen LogP contribution in [0.1, 0.15) is 30.9 Å². The summed E-state index contributed by atoms with van der Waals surface area (Å²) in [6, 6.07) is 6.29. The lowest BCUT2D eigenvalue weighted by molar-refractivity contribution is -0.110. The van der Waals surface area contributed by atoms with E-state index in [1.807, 2.05) is 6.07 Å². The van der Waals surface area contributed by atoms with Crippen LogP contribution in [0.3, 0.4) is 0 Å². The molecule has 0 aliphatic carbocycles. The number of piperidine rings is 1. The van der Waals surface area contributed by atoms with Crippen LogP contribution >= 0.6 is 0 Å². The number of carbonyl (C=O) groups excluding carboxylic acids is 1. The minimum atomic E-state index is 0.0788. The normalized spacial score (nSPS) is 18.8. The number of carbonyl (C=O) groups is 1. The zero-order chi connectivity index (χ0) is 12.5. The molecular weight excluding hydrogens is 224 g/mol. The SMILES string of the molecule is CCc1ccc2c(c1)C(=C1CCNCC1)C(=O)N2. The minimum absolute atomic E-state index is 0.0788. The Labute approximate surface area is 107 Å². The van der Waals surface area contributed by atoms with Crippen LogP contribution in [0.2, 0.25) is 0 Å². The van der Waals surface area contributed by atoms with Crippen molar-refractivity contribution in [3.05, 3.63) is 34.9 Å². The van der Waals surface area contributed by atoms with E-state index in [2.05, 4.69) is 29.7 Å². The number of benzene rings is 1. The monoisotopic (exact) mass is 242 g/mol. The highest BCUT2D eigenvalue weighted by molar-refractivity contribution is 6.32. The fourth-order valence-corrected chi connectivity index (χ4v) is 2.76. The molecule has 2 N–H and O–H groups in total. The van der Waals surface area contributed by atoms with Crippen LogP contribution in [-0.2, 0) is 11.2 Å². The van der Waals surface area contributed by atoms with E-state index in [0.717, 1.165) is 49.2 Å². The Bertz CT molecular complexity index is 523. The van der Waals surface area contributed by atoms with E-state index < -0.39 is 0 Å². The predicted octanol–water partition coefficient (Wildman–Crippen LogP) is 2.34. The lowest BCUT2D eigenvalue weighted by Gasteiger charge is -2.17. The number of hydrogen-bond donors (Lipinski definition) is 2. The fraction of sp³-hybridized carbons (Fsp3) is 0.400. The third-order valence-electron chi connectivity index (χ3n) is 3.80. The van der Waals surface area contributed by atoms with E-state index in [-0.39, 0.29) is 5.91 Å². The maximum absolute atomic E-state index is 12.1. The van der Waals surface area contributed by atoms with Crippen molar-refractivity contribution in [1.29, 1.82) is 0 Å². The van der Waals surface area contributed by atoms with Crippen molar-refractivity contribution in [3.63, 3.8) is 0 Å². The number of nitrogens with one attached hydrogen (secondary N) is 2. The topological polar surface area (TPSA) is 41.1 Å². The molecule has 1 aromatic rings. The number of anilines is 1. The average molecular weight is 242 g/mol. The summed E-state index contributed by atoms with van der Waals surface area (Å²) in [6.45, 7) is 4.10. The molecule has 3 rings (SSSR count). The van der Waals surface area contributed by atoms with Crippen LogP contribution in [0.5, 0.6) is 0 Å². The molecular formula is C15H18N2O. The highest BCUT2D eigenvalue weighted by Crippen LogP contribution is 2.36. The number of rotatable bonds is 1. The van der Waals surface area contributed by atoms with Gasteiger partial charge in [-0.25, -0.2) is 0 Å². The standard InChI is InChI=1S/C15H18N2O/c1-2-10-3-4-13-12(9-10)14(15(18)17-13)11-5-7-16-8-6-11/h3-4,9,16H,2,5-8H2,1H3,(H,17,18). The summed E-state index contributed by atoms with van der Waals surface area (Å²) in [7, 11) is 0. The van der Waals surface area contributed by atoms with Crippen LogP contribution in [0, 0.1) is 0 Å². The number of aryl methyl sites for hydroxylation is 1. The summed E-state index contributed by atoms with van der Waals surface area (Å²) in [4.78, 5) is 12.1. The second-order valence-electron chi connectivity index (χ2n) is 4.92. The van der Waals surface area contributed by atoms with Gasteiger partial charge in [0.1, 0.15) is 0 Å². The second-order valence-corrected chi connectivity index (χ2v) is 4.92.